The second-order valence-electron chi connectivity index (χ2n) is 5.00. The fourth-order valence-corrected chi connectivity index (χ4v) is 2.09. The molecule has 0 atom stereocenters. The third kappa shape index (κ3) is 3.82. The third-order valence-corrected chi connectivity index (χ3v) is 3.25. The van der Waals surface area contributed by atoms with Gasteiger partial charge in [0.15, 0.2) is 0 Å². The van der Waals surface area contributed by atoms with E-state index in [1.807, 2.05) is 31.2 Å². The van der Waals surface area contributed by atoms with Crippen molar-refractivity contribution >= 4 is 23.6 Å². The van der Waals surface area contributed by atoms with Crippen LogP contribution in [-0.4, -0.2) is 24.0 Å². The molecule has 0 aromatic heterocycles. The third-order valence-electron chi connectivity index (χ3n) is 3.25. The quantitative estimate of drug-likeness (QED) is 0.880. The number of nitrogens with zero attached hydrogens (tertiary/aromatic N) is 1. The zero-order valence-corrected chi connectivity index (χ0v) is 12.5. The summed E-state index contributed by atoms with van der Waals surface area (Å²) in [6, 6.07) is 14.6. The van der Waals surface area contributed by atoms with Gasteiger partial charge in [0.1, 0.15) is 0 Å². The van der Waals surface area contributed by atoms with Crippen LogP contribution in [0, 0.1) is 6.92 Å². The standard InChI is InChI=1S/C18H17NO3/c1-13-5-3-7-15(11-13)18(22)19(2)16-8-4-6-14(12-16)9-10-17(20)21/h3-12H,1-2H3,(H,20,21)/b10-9+. The van der Waals surface area contributed by atoms with E-state index in [1.54, 1.807) is 36.2 Å². The van der Waals surface area contributed by atoms with Gasteiger partial charge >= 0.3 is 5.97 Å². The van der Waals surface area contributed by atoms with E-state index in [2.05, 4.69) is 0 Å². The first-order valence-electron chi connectivity index (χ1n) is 6.83. The molecule has 0 fully saturated rings. The number of carboxylic acids is 1. The Morgan fingerprint density at radius 1 is 1.09 bits per heavy atom. The molecule has 0 aliphatic rings. The van der Waals surface area contributed by atoms with Crippen molar-refractivity contribution in [1.29, 1.82) is 0 Å². The van der Waals surface area contributed by atoms with Crippen LogP contribution < -0.4 is 4.90 Å². The number of anilines is 1. The zero-order valence-electron chi connectivity index (χ0n) is 12.5. The van der Waals surface area contributed by atoms with Crippen LogP contribution in [0.1, 0.15) is 21.5 Å². The summed E-state index contributed by atoms with van der Waals surface area (Å²) < 4.78 is 0. The number of amides is 1. The topological polar surface area (TPSA) is 57.6 Å². The molecule has 4 nitrogen and oxygen atoms in total. The van der Waals surface area contributed by atoms with Gasteiger partial charge in [-0.2, -0.15) is 0 Å². The molecular weight excluding hydrogens is 278 g/mol. The average molecular weight is 295 g/mol. The Bertz CT molecular complexity index is 735. The summed E-state index contributed by atoms with van der Waals surface area (Å²) in [5, 5.41) is 8.66. The Morgan fingerprint density at radius 3 is 2.50 bits per heavy atom. The maximum absolute atomic E-state index is 12.5. The summed E-state index contributed by atoms with van der Waals surface area (Å²) in [4.78, 5) is 24.6. The van der Waals surface area contributed by atoms with Gasteiger partial charge < -0.3 is 10.0 Å². The van der Waals surface area contributed by atoms with E-state index in [0.29, 0.717) is 11.3 Å². The van der Waals surface area contributed by atoms with E-state index in [1.165, 1.54) is 6.08 Å². The van der Waals surface area contributed by atoms with E-state index >= 15 is 0 Å². The summed E-state index contributed by atoms with van der Waals surface area (Å²) in [7, 11) is 1.70. The van der Waals surface area contributed by atoms with Crippen molar-refractivity contribution in [3.8, 4) is 0 Å². The number of rotatable bonds is 4. The highest BCUT2D eigenvalue weighted by atomic mass is 16.4. The molecule has 0 unspecified atom stereocenters. The van der Waals surface area contributed by atoms with E-state index in [-0.39, 0.29) is 5.91 Å². The van der Waals surface area contributed by atoms with Crippen LogP contribution in [0.25, 0.3) is 6.08 Å². The van der Waals surface area contributed by atoms with Crippen molar-refractivity contribution in [3.05, 3.63) is 71.3 Å². The minimum atomic E-state index is -1.01. The predicted octanol–water partition coefficient (Wildman–Crippen LogP) is 3.37. The van der Waals surface area contributed by atoms with Crippen LogP contribution in [0.5, 0.6) is 0 Å². The number of carboxylic acid groups (broad SMARTS) is 1. The van der Waals surface area contributed by atoms with Crippen LogP contribution in [-0.2, 0) is 4.79 Å². The van der Waals surface area contributed by atoms with Crippen molar-refractivity contribution in [3.63, 3.8) is 0 Å². The molecule has 112 valence electrons. The first-order chi connectivity index (χ1) is 10.5. The van der Waals surface area contributed by atoms with Gasteiger partial charge in [0.05, 0.1) is 0 Å². The lowest BCUT2D eigenvalue weighted by Crippen LogP contribution is -2.26. The summed E-state index contributed by atoms with van der Waals surface area (Å²) in [6.45, 7) is 1.94. The number of aryl methyl sites for hydroxylation is 1. The maximum atomic E-state index is 12.5. The molecule has 4 heteroatoms. The summed E-state index contributed by atoms with van der Waals surface area (Å²) in [5.74, 6) is -1.11. The van der Waals surface area contributed by atoms with Crippen molar-refractivity contribution in [2.75, 3.05) is 11.9 Å². The van der Waals surface area contributed by atoms with Crippen molar-refractivity contribution in [1.82, 2.24) is 0 Å². The van der Waals surface area contributed by atoms with E-state index in [0.717, 1.165) is 17.2 Å². The number of carbonyl (C=O) groups is 2. The highest BCUT2D eigenvalue weighted by Gasteiger charge is 2.13. The molecule has 2 aromatic rings. The van der Waals surface area contributed by atoms with Gasteiger partial charge in [0.25, 0.3) is 5.91 Å². The number of aliphatic carboxylic acids is 1. The smallest absolute Gasteiger partial charge is 0.328 e. The number of hydrogen-bond donors (Lipinski definition) is 1. The van der Waals surface area contributed by atoms with Gasteiger partial charge in [-0.25, -0.2) is 4.79 Å². The minimum absolute atomic E-state index is 0.108. The largest absolute Gasteiger partial charge is 0.478 e. The van der Waals surface area contributed by atoms with Crippen LogP contribution in [0.2, 0.25) is 0 Å². The lowest BCUT2D eigenvalue weighted by atomic mass is 10.1. The van der Waals surface area contributed by atoms with Gasteiger partial charge in [-0.15, -0.1) is 0 Å². The Hall–Kier alpha value is -2.88. The molecule has 22 heavy (non-hydrogen) atoms. The second-order valence-corrected chi connectivity index (χ2v) is 5.00. The van der Waals surface area contributed by atoms with E-state index in [9.17, 15) is 9.59 Å². The van der Waals surface area contributed by atoms with Crippen LogP contribution >= 0.6 is 0 Å². The molecule has 0 saturated carbocycles. The molecule has 0 spiro atoms. The van der Waals surface area contributed by atoms with Crippen LogP contribution in [0.3, 0.4) is 0 Å². The SMILES string of the molecule is Cc1cccc(C(=O)N(C)c2cccc(/C=C/C(=O)O)c2)c1. The van der Waals surface area contributed by atoms with E-state index in [4.69, 9.17) is 5.11 Å². The molecule has 0 aliphatic heterocycles. The summed E-state index contributed by atoms with van der Waals surface area (Å²) in [6.07, 6.45) is 2.57. The molecule has 2 rings (SSSR count). The summed E-state index contributed by atoms with van der Waals surface area (Å²) in [5.41, 5.74) is 3.08. The molecule has 0 aliphatic carbocycles. The summed E-state index contributed by atoms with van der Waals surface area (Å²) >= 11 is 0. The fourth-order valence-electron chi connectivity index (χ4n) is 2.09. The second kappa shape index (κ2) is 6.72. The zero-order chi connectivity index (χ0) is 16.1. The monoisotopic (exact) mass is 295 g/mol. The van der Waals surface area contributed by atoms with Crippen molar-refractivity contribution in [2.24, 2.45) is 0 Å². The van der Waals surface area contributed by atoms with Gasteiger partial charge in [-0.3, -0.25) is 4.79 Å². The maximum Gasteiger partial charge on any atom is 0.328 e. The number of benzene rings is 2. The first-order valence-corrected chi connectivity index (χ1v) is 6.83. The van der Waals surface area contributed by atoms with Gasteiger partial charge in [0.2, 0.25) is 0 Å². The highest BCUT2D eigenvalue weighted by molar-refractivity contribution is 6.06. The number of hydrogen-bond acceptors (Lipinski definition) is 2. The average Bonchev–Trinajstić information content (AvgIpc) is 2.52. The Morgan fingerprint density at radius 2 is 1.82 bits per heavy atom. The lowest BCUT2D eigenvalue weighted by molar-refractivity contribution is -0.131. The van der Waals surface area contributed by atoms with E-state index < -0.39 is 5.97 Å². The minimum Gasteiger partial charge on any atom is -0.478 e. The predicted molar refractivity (Wildman–Crippen MR) is 87.0 cm³/mol. The molecule has 1 amide bonds. The Balaban J connectivity index is 2.25. The van der Waals surface area contributed by atoms with Gasteiger partial charge in [0, 0.05) is 24.4 Å². The highest BCUT2D eigenvalue weighted by Crippen LogP contribution is 2.18. The lowest BCUT2D eigenvalue weighted by Gasteiger charge is -2.18. The molecule has 0 radical (unpaired) electrons. The van der Waals surface area contributed by atoms with Crippen molar-refractivity contribution in [2.45, 2.75) is 6.92 Å². The van der Waals surface area contributed by atoms with Crippen LogP contribution in [0.15, 0.2) is 54.6 Å². The molecular formula is C18H17NO3. The Kier molecular flexibility index (Phi) is 4.73. The van der Waals surface area contributed by atoms with Crippen LogP contribution in [0.4, 0.5) is 5.69 Å². The number of carbonyl (C=O) groups excluding carboxylic acids is 1. The van der Waals surface area contributed by atoms with Crippen molar-refractivity contribution < 1.29 is 14.7 Å². The molecule has 0 saturated heterocycles. The fraction of sp³-hybridized carbons (Fsp3) is 0.111. The molecule has 0 bridgehead atoms. The molecule has 2 aromatic carbocycles. The molecule has 1 N–H and O–H groups in total. The molecule has 0 heterocycles. The Labute approximate surface area is 129 Å². The van der Waals surface area contributed by atoms with Gasteiger partial charge in [-0.05, 0) is 42.8 Å². The van der Waals surface area contributed by atoms with Gasteiger partial charge in [-0.1, -0.05) is 29.8 Å². The first kappa shape index (κ1) is 15.5. The normalized spacial score (nSPS) is 10.6.